The number of aliphatic hydroxyl groups excluding tert-OH is 1. The molecule has 0 aromatic carbocycles. The minimum Gasteiger partial charge on any atom is -0.463 e. The van der Waals surface area contributed by atoms with Crippen LogP contribution >= 0.6 is 7.82 Å². The van der Waals surface area contributed by atoms with Crippen LogP contribution in [-0.2, 0) is 27.9 Å². The molecule has 0 fully saturated rings. The van der Waals surface area contributed by atoms with E-state index in [-0.39, 0.29) is 32.1 Å². The molecule has 2 unspecified atom stereocenters. The number of carbonyl (C=O) groups is 2. The Morgan fingerprint density at radius 3 is 1.69 bits per heavy atom. The summed E-state index contributed by atoms with van der Waals surface area (Å²) in [5, 5.41) is 12.6. The molecule has 0 aliphatic rings. The third-order valence-electron chi connectivity index (χ3n) is 8.07. The molecule has 0 aromatic rings. The summed E-state index contributed by atoms with van der Waals surface area (Å²) in [7, 11) is -4.41. The molecule has 0 aromatic heterocycles. The number of rotatable bonds is 36. The molecule has 0 heterocycles. The second-order valence-electron chi connectivity index (χ2n) is 12.9. The van der Waals surface area contributed by atoms with E-state index in [1.54, 1.807) is 0 Å². The van der Waals surface area contributed by atoms with Gasteiger partial charge in [-0.25, -0.2) is 4.57 Å². The molecule has 3 N–H and O–H groups in total. The lowest BCUT2D eigenvalue weighted by molar-refractivity contribution is -0.147. The average Bonchev–Trinajstić information content (AvgIpc) is 3.08. The van der Waals surface area contributed by atoms with Gasteiger partial charge in [-0.05, 0) is 51.4 Å². The summed E-state index contributed by atoms with van der Waals surface area (Å²) in [4.78, 5) is 33.7. The summed E-state index contributed by atoms with van der Waals surface area (Å²) in [6.07, 6.45) is 37.9. The number of amides is 1. The number of aliphatic hydroxyl groups is 1. The second kappa shape index (κ2) is 36.0. The van der Waals surface area contributed by atoms with E-state index in [0.29, 0.717) is 6.42 Å². The summed E-state index contributed by atoms with van der Waals surface area (Å²) in [6.45, 7) is 3.48. The van der Waals surface area contributed by atoms with Crippen LogP contribution in [0, 0.1) is 0 Å². The summed E-state index contributed by atoms with van der Waals surface area (Å²) >= 11 is 0. The topological polar surface area (TPSA) is 131 Å². The van der Waals surface area contributed by atoms with Gasteiger partial charge in [-0.2, -0.15) is 0 Å². The first-order chi connectivity index (χ1) is 23.8. The molecule has 0 aliphatic heterocycles. The molecule has 286 valence electrons. The molecule has 0 saturated heterocycles. The lowest BCUT2D eigenvalue weighted by Gasteiger charge is -2.15. The lowest BCUT2D eigenvalue weighted by atomic mass is 10.1. The number of hydrogen-bond acceptors (Lipinski definition) is 7. The van der Waals surface area contributed by atoms with Crippen molar-refractivity contribution in [1.82, 2.24) is 5.32 Å². The van der Waals surface area contributed by atoms with Crippen molar-refractivity contribution in [1.29, 1.82) is 0 Å². The van der Waals surface area contributed by atoms with E-state index in [4.69, 9.17) is 13.8 Å². The zero-order valence-corrected chi connectivity index (χ0v) is 32.0. The van der Waals surface area contributed by atoms with Crippen molar-refractivity contribution in [2.24, 2.45) is 0 Å². The highest BCUT2D eigenvalue weighted by atomic mass is 31.2. The van der Waals surface area contributed by atoms with Gasteiger partial charge in [0.05, 0.1) is 13.2 Å². The number of allylic oxidation sites excluding steroid dienone is 6. The van der Waals surface area contributed by atoms with Gasteiger partial charge in [0.15, 0.2) is 0 Å². The van der Waals surface area contributed by atoms with Gasteiger partial charge in [0.25, 0.3) is 0 Å². The smallest absolute Gasteiger partial charge is 0.463 e. The zero-order chi connectivity index (χ0) is 36.1. The third kappa shape index (κ3) is 37.3. The first-order valence-corrected chi connectivity index (χ1v) is 21.0. The molecule has 0 saturated carbocycles. The molecule has 1 amide bonds. The number of nitrogens with one attached hydrogen (secondary N) is 1. The summed E-state index contributed by atoms with van der Waals surface area (Å²) in [5.41, 5.74) is 0. The van der Waals surface area contributed by atoms with Crippen LogP contribution in [-0.4, -0.2) is 54.3 Å². The van der Waals surface area contributed by atoms with Gasteiger partial charge in [0.1, 0.15) is 12.7 Å². The number of hydrogen-bond donors (Lipinski definition) is 3. The molecule has 2 atom stereocenters. The largest absolute Gasteiger partial charge is 0.472 e. The quantitative estimate of drug-likeness (QED) is 0.0253. The normalized spacial score (nSPS) is 13.8. The predicted molar refractivity (Wildman–Crippen MR) is 201 cm³/mol. The SMILES string of the molecule is CCCCC/C=C\C/C=C\C/C=C\CCCCCCCCC(=O)OCC(O)COP(=O)(O)OCCNC(=O)CCCCCCCCCCC. The van der Waals surface area contributed by atoms with E-state index in [1.807, 2.05) is 0 Å². The fourth-order valence-corrected chi connectivity index (χ4v) is 5.85. The van der Waals surface area contributed by atoms with Gasteiger partial charge in [0, 0.05) is 19.4 Å². The van der Waals surface area contributed by atoms with Crippen molar-refractivity contribution < 1.29 is 37.9 Å². The average molecular weight is 714 g/mol. The summed E-state index contributed by atoms with van der Waals surface area (Å²) < 4.78 is 26.7. The highest BCUT2D eigenvalue weighted by Gasteiger charge is 2.23. The fraction of sp³-hybridized carbons (Fsp3) is 0.795. The highest BCUT2D eigenvalue weighted by Crippen LogP contribution is 2.42. The van der Waals surface area contributed by atoms with E-state index in [0.717, 1.165) is 64.2 Å². The summed E-state index contributed by atoms with van der Waals surface area (Å²) in [5.74, 6) is -0.532. The minimum atomic E-state index is -4.41. The molecule has 0 spiro atoms. The predicted octanol–water partition coefficient (Wildman–Crippen LogP) is 10.2. The Labute approximate surface area is 299 Å². The fourth-order valence-electron chi connectivity index (χ4n) is 5.09. The zero-order valence-electron chi connectivity index (χ0n) is 31.1. The van der Waals surface area contributed by atoms with Gasteiger partial charge < -0.3 is 20.1 Å². The van der Waals surface area contributed by atoms with Gasteiger partial charge in [-0.15, -0.1) is 0 Å². The van der Waals surface area contributed by atoms with Crippen LogP contribution in [0.1, 0.15) is 168 Å². The van der Waals surface area contributed by atoms with Gasteiger partial charge in [-0.1, -0.05) is 140 Å². The molecule has 9 nitrogen and oxygen atoms in total. The van der Waals surface area contributed by atoms with Crippen LogP contribution in [0.4, 0.5) is 0 Å². The minimum absolute atomic E-state index is 0.0810. The van der Waals surface area contributed by atoms with Crippen LogP contribution in [0.25, 0.3) is 0 Å². The van der Waals surface area contributed by atoms with E-state index in [1.165, 1.54) is 77.0 Å². The van der Waals surface area contributed by atoms with Crippen LogP contribution in [0.5, 0.6) is 0 Å². The van der Waals surface area contributed by atoms with E-state index >= 15 is 0 Å². The Morgan fingerprint density at radius 1 is 0.633 bits per heavy atom. The van der Waals surface area contributed by atoms with Crippen molar-refractivity contribution in [3.8, 4) is 0 Å². The molecule has 0 bridgehead atoms. The monoisotopic (exact) mass is 713 g/mol. The van der Waals surface area contributed by atoms with Crippen molar-refractivity contribution in [2.45, 2.75) is 174 Å². The second-order valence-corrected chi connectivity index (χ2v) is 14.4. The van der Waals surface area contributed by atoms with Crippen LogP contribution in [0.2, 0.25) is 0 Å². The number of carbonyl (C=O) groups excluding carboxylic acids is 2. The first kappa shape index (κ1) is 47.2. The van der Waals surface area contributed by atoms with E-state index in [2.05, 4.69) is 55.6 Å². The molecular formula is C39H72NO8P. The molecular weight excluding hydrogens is 641 g/mol. The first-order valence-electron chi connectivity index (χ1n) is 19.5. The van der Waals surface area contributed by atoms with Crippen LogP contribution < -0.4 is 5.32 Å². The Kier molecular flexibility index (Phi) is 34.7. The maximum atomic E-state index is 12.0. The van der Waals surface area contributed by atoms with E-state index < -0.39 is 26.5 Å². The van der Waals surface area contributed by atoms with Crippen LogP contribution in [0.15, 0.2) is 36.5 Å². The summed E-state index contributed by atoms with van der Waals surface area (Å²) in [6, 6.07) is 0. The van der Waals surface area contributed by atoms with Gasteiger partial charge in [-0.3, -0.25) is 18.6 Å². The molecule has 10 heteroatoms. The molecule has 49 heavy (non-hydrogen) atoms. The van der Waals surface area contributed by atoms with E-state index in [9.17, 15) is 24.2 Å². The maximum absolute atomic E-state index is 12.0. The Bertz CT molecular complexity index is 907. The Morgan fingerprint density at radius 2 is 1.10 bits per heavy atom. The number of phosphoric acid groups is 1. The third-order valence-corrected chi connectivity index (χ3v) is 9.06. The van der Waals surface area contributed by atoms with Crippen molar-refractivity contribution >= 4 is 19.7 Å². The molecule has 0 aliphatic carbocycles. The molecule has 0 radical (unpaired) electrons. The van der Waals surface area contributed by atoms with Gasteiger partial charge in [0.2, 0.25) is 5.91 Å². The van der Waals surface area contributed by atoms with Crippen molar-refractivity contribution in [2.75, 3.05) is 26.4 Å². The van der Waals surface area contributed by atoms with Gasteiger partial charge >= 0.3 is 13.8 Å². The highest BCUT2D eigenvalue weighted by molar-refractivity contribution is 7.47. The van der Waals surface area contributed by atoms with Crippen molar-refractivity contribution in [3.63, 3.8) is 0 Å². The number of phosphoric ester groups is 1. The Balaban J connectivity index is 3.64. The number of unbranched alkanes of at least 4 members (excludes halogenated alkanes) is 17. The standard InChI is InChI=1S/C39H72NO8P/c1-3-5-7-9-11-13-14-15-16-17-18-19-20-21-22-24-26-28-30-32-39(43)46-35-37(41)36-48-49(44,45)47-34-33-40-38(42)31-29-27-25-23-12-10-8-6-4-2/h11,13,15-16,18-19,37,41H,3-10,12,14,17,20-36H2,1-2H3,(H,40,42)(H,44,45)/b13-11-,16-15-,19-18-. The Hall–Kier alpha value is -1.77. The van der Waals surface area contributed by atoms with Crippen LogP contribution in [0.3, 0.4) is 0 Å². The van der Waals surface area contributed by atoms with Crippen molar-refractivity contribution in [3.05, 3.63) is 36.5 Å². The number of esters is 1. The lowest BCUT2D eigenvalue weighted by Crippen LogP contribution is -2.27. The molecule has 0 rings (SSSR count). The number of ether oxygens (including phenoxy) is 1. The maximum Gasteiger partial charge on any atom is 0.472 e.